The summed E-state index contributed by atoms with van der Waals surface area (Å²) in [6.45, 7) is 4.78. The van der Waals surface area contributed by atoms with Crippen LogP contribution in [0.3, 0.4) is 0 Å². The van der Waals surface area contributed by atoms with Crippen LogP contribution in [0.15, 0.2) is 72.8 Å². The first-order valence-electron chi connectivity index (χ1n) is 10.8. The van der Waals surface area contributed by atoms with Gasteiger partial charge in [-0.1, -0.05) is 79.7 Å². The Morgan fingerprint density at radius 2 is 1.56 bits per heavy atom. The molecule has 0 atom stereocenters. The SMILES string of the molecule is [B]n1nnnc1C(C)(C)CCCCOc1cc(-c2ccccc2)cc(-c2ccccc2)n1. The lowest BCUT2D eigenvalue weighted by Gasteiger charge is -2.22. The average molecular weight is 423 g/mol. The summed E-state index contributed by atoms with van der Waals surface area (Å²) in [6, 6.07) is 24.6. The van der Waals surface area contributed by atoms with E-state index in [0.717, 1.165) is 41.6 Å². The molecule has 2 aromatic carbocycles. The zero-order valence-electron chi connectivity index (χ0n) is 18.5. The maximum Gasteiger partial charge on any atom is 0.269 e. The summed E-state index contributed by atoms with van der Waals surface area (Å²) >= 11 is 0. The van der Waals surface area contributed by atoms with E-state index in [0.29, 0.717) is 18.3 Å². The third kappa shape index (κ3) is 5.22. The Hall–Kier alpha value is -3.48. The molecule has 2 radical (unpaired) electrons. The summed E-state index contributed by atoms with van der Waals surface area (Å²) in [7, 11) is 5.80. The van der Waals surface area contributed by atoms with Crippen molar-refractivity contribution < 1.29 is 4.74 Å². The van der Waals surface area contributed by atoms with Gasteiger partial charge >= 0.3 is 0 Å². The number of hydrogen-bond acceptors (Lipinski definition) is 5. The monoisotopic (exact) mass is 423 g/mol. The summed E-state index contributed by atoms with van der Waals surface area (Å²) in [5.41, 5.74) is 3.99. The molecule has 0 unspecified atom stereocenters. The molecule has 0 amide bonds. The molecule has 4 rings (SSSR count). The molecule has 0 saturated carbocycles. The Balaban J connectivity index is 1.43. The highest BCUT2D eigenvalue weighted by molar-refractivity contribution is 6.06. The van der Waals surface area contributed by atoms with E-state index in [-0.39, 0.29) is 5.41 Å². The molecule has 0 fully saturated rings. The molecule has 0 bridgehead atoms. The molecule has 4 aromatic rings. The molecule has 0 N–H and O–H groups in total. The van der Waals surface area contributed by atoms with Crippen molar-refractivity contribution in [3.8, 4) is 28.3 Å². The van der Waals surface area contributed by atoms with Crippen LogP contribution in [-0.2, 0) is 5.41 Å². The van der Waals surface area contributed by atoms with E-state index >= 15 is 0 Å². The molecule has 2 heterocycles. The van der Waals surface area contributed by atoms with Gasteiger partial charge in [0, 0.05) is 17.0 Å². The summed E-state index contributed by atoms with van der Waals surface area (Å²) < 4.78 is 7.33. The van der Waals surface area contributed by atoms with E-state index in [1.165, 1.54) is 4.59 Å². The molecule has 0 spiro atoms. The van der Waals surface area contributed by atoms with Gasteiger partial charge < -0.3 is 4.74 Å². The second kappa shape index (κ2) is 9.77. The molecule has 32 heavy (non-hydrogen) atoms. The minimum Gasteiger partial charge on any atom is -0.478 e. The third-order valence-corrected chi connectivity index (χ3v) is 5.52. The molecule has 6 nitrogen and oxygen atoms in total. The normalized spacial score (nSPS) is 11.4. The summed E-state index contributed by atoms with van der Waals surface area (Å²) in [4.78, 5) is 4.76. The van der Waals surface area contributed by atoms with Crippen molar-refractivity contribution in [3.05, 3.63) is 78.6 Å². The van der Waals surface area contributed by atoms with Crippen molar-refractivity contribution in [2.24, 2.45) is 0 Å². The Morgan fingerprint density at radius 3 is 2.22 bits per heavy atom. The van der Waals surface area contributed by atoms with Crippen molar-refractivity contribution >= 4 is 7.98 Å². The number of rotatable bonds is 9. The van der Waals surface area contributed by atoms with Crippen molar-refractivity contribution in [1.82, 2.24) is 25.1 Å². The van der Waals surface area contributed by atoms with Crippen molar-refractivity contribution in [2.45, 2.75) is 38.5 Å². The highest BCUT2D eigenvalue weighted by atomic mass is 16.5. The van der Waals surface area contributed by atoms with Gasteiger partial charge in [0.15, 0.2) is 0 Å². The van der Waals surface area contributed by atoms with Crippen LogP contribution in [-0.4, -0.2) is 39.7 Å². The van der Waals surface area contributed by atoms with E-state index in [1.54, 1.807) is 0 Å². The van der Waals surface area contributed by atoms with Crippen LogP contribution in [0.1, 0.15) is 38.9 Å². The number of tetrazole rings is 1. The first-order chi connectivity index (χ1) is 15.5. The standard InChI is InChI=1S/C25H26BN5O/c1-25(2,24-28-29-30-31(24)26)15-9-10-16-32-23-18-21(19-11-5-3-6-12-19)17-22(27-23)20-13-7-4-8-14-20/h3-8,11-14,17-18H,9-10,15-16H2,1-2H3. The van der Waals surface area contributed by atoms with Crippen molar-refractivity contribution in [3.63, 3.8) is 0 Å². The van der Waals surface area contributed by atoms with Gasteiger partial charge in [0.1, 0.15) is 5.82 Å². The fourth-order valence-electron chi connectivity index (χ4n) is 3.73. The van der Waals surface area contributed by atoms with E-state index in [4.69, 9.17) is 17.7 Å². The number of nitrogens with zero attached hydrogens (tertiary/aromatic N) is 5. The van der Waals surface area contributed by atoms with Gasteiger partial charge in [-0.3, -0.25) is 4.59 Å². The molecule has 0 aliphatic rings. The molecule has 160 valence electrons. The largest absolute Gasteiger partial charge is 0.478 e. The topological polar surface area (TPSA) is 65.7 Å². The van der Waals surface area contributed by atoms with Gasteiger partial charge in [-0.15, -0.1) is 5.10 Å². The fraction of sp³-hybridized carbons (Fsp3) is 0.280. The van der Waals surface area contributed by atoms with Gasteiger partial charge in [-0.25, -0.2) is 4.98 Å². The zero-order chi connectivity index (χ0) is 22.4. The second-order valence-corrected chi connectivity index (χ2v) is 8.45. The molecule has 7 heteroatoms. The highest BCUT2D eigenvalue weighted by Crippen LogP contribution is 2.29. The van der Waals surface area contributed by atoms with Crippen LogP contribution in [0, 0.1) is 0 Å². The average Bonchev–Trinajstić information content (AvgIpc) is 3.27. The van der Waals surface area contributed by atoms with E-state index < -0.39 is 0 Å². The quantitative estimate of drug-likeness (QED) is 0.284. The number of pyridine rings is 1. The van der Waals surface area contributed by atoms with E-state index in [9.17, 15) is 0 Å². The lowest BCUT2D eigenvalue weighted by atomic mass is 9.86. The number of ether oxygens (including phenoxy) is 1. The smallest absolute Gasteiger partial charge is 0.269 e. The first-order valence-corrected chi connectivity index (χ1v) is 10.8. The minimum absolute atomic E-state index is 0.204. The van der Waals surface area contributed by atoms with Crippen LogP contribution >= 0.6 is 0 Å². The van der Waals surface area contributed by atoms with Crippen LogP contribution < -0.4 is 4.74 Å². The van der Waals surface area contributed by atoms with Crippen LogP contribution in [0.5, 0.6) is 5.88 Å². The molecule has 0 aliphatic heterocycles. The van der Waals surface area contributed by atoms with Crippen LogP contribution in [0.25, 0.3) is 22.4 Å². The fourth-order valence-corrected chi connectivity index (χ4v) is 3.73. The molecule has 2 aromatic heterocycles. The number of hydrogen-bond donors (Lipinski definition) is 0. The van der Waals surface area contributed by atoms with Crippen molar-refractivity contribution in [1.29, 1.82) is 0 Å². The number of benzene rings is 2. The third-order valence-electron chi connectivity index (χ3n) is 5.52. The highest BCUT2D eigenvalue weighted by Gasteiger charge is 2.25. The van der Waals surface area contributed by atoms with E-state index in [2.05, 4.69) is 59.7 Å². The second-order valence-electron chi connectivity index (χ2n) is 8.45. The number of aromatic nitrogens is 5. The lowest BCUT2D eigenvalue weighted by Crippen LogP contribution is -2.23. The summed E-state index contributed by atoms with van der Waals surface area (Å²) in [5.74, 6) is 1.32. The first kappa shape index (κ1) is 21.7. The van der Waals surface area contributed by atoms with Crippen molar-refractivity contribution in [2.75, 3.05) is 6.61 Å². The minimum atomic E-state index is -0.204. The zero-order valence-corrected chi connectivity index (χ0v) is 18.5. The van der Waals surface area contributed by atoms with E-state index in [1.807, 2.05) is 42.5 Å². The Kier molecular flexibility index (Phi) is 6.64. The summed E-state index contributed by atoms with van der Waals surface area (Å²) in [5, 5.41) is 11.4. The van der Waals surface area contributed by atoms with Gasteiger partial charge in [0.2, 0.25) is 5.88 Å². The van der Waals surface area contributed by atoms with Gasteiger partial charge in [0.05, 0.1) is 12.3 Å². The Bertz CT molecular complexity index is 1090. The Labute approximate surface area is 190 Å². The lowest BCUT2D eigenvalue weighted by molar-refractivity contribution is 0.286. The molecule has 0 aliphatic carbocycles. The number of unbranched alkanes of at least 4 members (excludes halogenated alkanes) is 1. The van der Waals surface area contributed by atoms with Gasteiger partial charge in [-0.2, -0.15) is 0 Å². The predicted molar refractivity (Wildman–Crippen MR) is 126 cm³/mol. The van der Waals surface area contributed by atoms with Crippen LogP contribution in [0.2, 0.25) is 0 Å². The summed E-state index contributed by atoms with van der Waals surface area (Å²) in [6.07, 6.45) is 2.76. The van der Waals surface area contributed by atoms with Gasteiger partial charge in [-0.05, 0) is 41.7 Å². The molecule has 0 saturated heterocycles. The predicted octanol–water partition coefficient (Wildman–Crippen LogP) is 4.86. The Morgan fingerprint density at radius 1 is 0.875 bits per heavy atom. The maximum atomic E-state index is 6.08. The maximum absolute atomic E-state index is 6.08. The van der Waals surface area contributed by atoms with Crippen LogP contribution in [0.4, 0.5) is 0 Å². The molecular weight excluding hydrogens is 397 g/mol. The molecular formula is C25H26BN5O. The van der Waals surface area contributed by atoms with Gasteiger partial charge in [0.25, 0.3) is 7.98 Å².